The predicted octanol–water partition coefficient (Wildman–Crippen LogP) is 1.95. The summed E-state index contributed by atoms with van der Waals surface area (Å²) in [6.45, 7) is 7.97. The summed E-state index contributed by atoms with van der Waals surface area (Å²) in [5, 5.41) is 15.6. The molecule has 3 N–H and O–H groups in total. The molecule has 0 aromatic rings. The number of rotatable bonds is 10. The van der Waals surface area contributed by atoms with Gasteiger partial charge in [0.2, 0.25) is 0 Å². The molecule has 0 atom stereocenters. The van der Waals surface area contributed by atoms with Gasteiger partial charge in [-0.1, -0.05) is 33.6 Å². The normalized spacial score (nSPS) is 9.92. The standard InChI is InChI=1S/C8H18O.C4H4O4.C3H8O3S.Na.H/c1-3-5-7-9-8-6-4-2;5-3(6)1-2-4(7)8;1-2-3-7(4,5)6;;/h3-8H2,1-2H3;1-2H,(H,5,6)(H,7,8);2-3H2,1H3,(H,4,5,6);;/b;2-1-;;;. The van der Waals surface area contributed by atoms with Gasteiger partial charge in [-0.15, -0.1) is 0 Å². The van der Waals surface area contributed by atoms with Crippen molar-refractivity contribution in [1.29, 1.82) is 0 Å². The van der Waals surface area contributed by atoms with E-state index in [-0.39, 0.29) is 35.3 Å². The Balaban J connectivity index is -0.000000131. The second-order valence-corrected chi connectivity index (χ2v) is 6.19. The molecule has 25 heavy (non-hydrogen) atoms. The van der Waals surface area contributed by atoms with Gasteiger partial charge in [-0.3, -0.25) is 4.55 Å². The Morgan fingerprint density at radius 2 is 1.24 bits per heavy atom. The molecule has 0 rings (SSSR count). The molecule has 0 spiro atoms. The second-order valence-electron chi connectivity index (χ2n) is 4.62. The number of unbranched alkanes of at least 4 members (excludes halogenated alkanes) is 2. The van der Waals surface area contributed by atoms with Crippen LogP contribution >= 0.6 is 0 Å². The summed E-state index contributed by atoms with van der Waals surface area (Å²) in [6, 6.07) is 0. The first-order valence-electron chi connectivity index (χ1n) is 7.77. The zero-order chi connectivity index (χ0) is 19.4. The van der Waals surface area contributed by atoms with Gasteiger partial charge in [0.15, 0.2) is 0 Å². The third-order valence-electron chi connectivity index (χ3n) is 2.12. The van der Waals surface area contributed by atoms with E-state index < -0.39 is 22.1 Å². The number of ether oxygens (including phenoxy) is 1. The molecule has 0 aliphatic rings. The number of hydrogen-bond acceptors (Lipinski definition) is 5. The SMILES string of the molecule is CCCCOCCCC.CCCS(=O)(=O)O.O=C(O)/C=C\C(=O)O.[NaH]. The van der Waals surface area contributed by atoms with Gasteiger partial charge in [-0.2, -0.15) is 8.42 Å². The number of hydrogen-bond donors (Lipinski definition) is 3. The second kappa shape index (κ2) is 23.5. The summed E-state index contributed by atoms with van der Waals surface area (Å²) in [5.74, 6) is -2.65. The number of carboxylic acids is 2. The Morgan fingerprint density at radius 1 is 0.880 bits per heavy atom. The van der Waals surface area contributed by atoms with E-state index in [1.54, 1.807) is 6.92 Å². The Hall–Kier alpha value is -0.450. The van der Waals surface area contributed by atoms with Crippen molar-refractivity contribution in [2.45, 2.75) is 52.9 Å². The zero-order valence-corrected chi connectivity index (χ0v) is 15.4. The topological polar surface area (TPSA) is 138 Å². The van der Waals surface area contributed by atoms with E-state index in [1.165, 1.54) is 25.7 Å². The number of aliphatic carboxylic acids is 2. The molecule has 0 heterocycles. The van der Waals surface area contributed by atoms with Crippen LogP contribution in [-0.4, -0.2) is 83.6 Å². The molecule has 0 aromatic carbocycles. The van der Waals surface area contributed by atoms with Crippen LogP contribution in [0.15, 0.2) is 12.2 Å². The fraction of sp³-hybridized carbons (Fsp3) is 0.733. The third kappa shape index (κ3) is 51.7. The summed E-state index contributed by atoms with van der Waals surface area (Å²) in [5.41, 5.74) is 0. The van der Waals surface area contributed by atoms with Crippen molar-refractivity contribution in [1.82, 2.24) is 0 Å². The summed E-state index contributed by atoms with van der Waals surface area (Å²) >= 11 is 0. The van der Waals surface area contributed by atoms with Crippen molar-refractivity contribution in [3.63, 3.8) is 0 Å². The van der Waals surface area contributed by atoms with Crippen LogP contribution in [0.4, 0.5) is 0 Å². The molecule has 0 amide bonds. The van der Waals surface area contributed by atoms with E-state index in [0.29, 0.717) is 18.6 Å². The first-order chi connectivity index (χ1) is 11.1. The average molecular weight is 394 g/mol. The molecular weight excluding hydrogens is 363 g/mol. The Labute approximate surface area is 172 Å². The van der Waals surface area contributed by atoms with Crippen molar-refractivity contribution >= 4 is 51.6 Å². The first-order valence-corrected chi connectivity index (χ1v) is 9.38. The van der Waals surface area contributed by atoms with E-state index in [0.717, 1.165) is 13.2 Å². The predicted molar refractivity (Wildman–Crippen MR) is 98.9 cm³/mol. The minimum atomic E-state index is -3.67. The molecule has 0 saturated heterocycles. The minimum absolute atomic E-state index is 0. The third-order valence-corrected chi connectivity index (χ3v) is 3.04. The molecule has 146 valence electrons. The summed E-state index contributed by atoms with van der Waals surface area (Å²) < 4.78 is 32.9. The monoisotopic (exact) mass is 394 g/mol. The van der Waals surface area contributed by atoms with Crippen molar-refractivity contribution in [2.75, 3.05) is 19.0 Å². The molecule has 0 bridgehead atoms. The van der Waals surface area contributed by atoms with E-state index in [9.17, 15) is 18.0 Å². The van der Waals surface area contributed by atoms with Crippen molar-refractivity contribution in [2.24, 2.45) is 0 Å². The van der Waals surface area contributed by atoms with Gasteiger partial charge in [-0.25, -0.2) is 9.59 Å². The van der Waals surface area contributed by atoms with E-state index in [2.05, 4.69) is 13.8 Å². The Kier molecular flexibility index (Phi) is 30.4. The molecule has 0 aliphatic carbocycles. The fourth-order valence-corrected chi connectivity index (χ4v) is 1.51. The maximum absolute atomic E-state index is 9.79. The molecule has 10 heteroatoms. The van der Waals surface area contributed by atoms with Gasteiger partial charge >= 0.3 is 41.5 Å². The average Bonchev–Trinajstić information content (AvgIpc) is 2.45. The van der Waals surface area contributed by atoms with E-state index in [4.69, 9.17) is 19.5 Å². The van der Waals surface area contributed by atoms with Crippen LogP contribution < -0.4 is 0 Å². The van der Waals surface area contributed by atoms with Crippen molar-refractivity contribution in [3.8, 4) is 0 Å². The molecule has 0 radical (unpaired) electrons. The van der Waals surface area contributed by atoms with Gasteiger partial charge in [0.25, 0.3) is 10.1 Å². The van der Waals surface area contributed by atoms with E-state index in [1.807, 2.05) is 0 Å². The van der Waals surface area contributed by atoms with Crippen molar-refractivity contribution in [3.05, 3.63) is 12.2 Å². The molecule has 0 aromatic heterocycles. The van der Waals surface area contributed by atoms with Crippen LogP contribution in [0.5, 0.6) is 0 Å². The van der Waals surface area contributed by atoms with Crippen LogP contribution in [0, 0.1) is 0 Å². The van der Waals surface area contributed by atoms with Crippen molar-refractivity contribution < 1.29 is 37.5 Å². The number of carbonyl (C=O) groups is 2. The fourth-order valence-electron chi connectivity index (χ4n) is 0.995. The van der Waals surface area contributed by atoms with Crippen LogP contribution in [0.2, 0.25) is 0 Å². The quantitative estimate of drug-likeness (QED) is 0.221. The van der Waals surface area contributed by atoms with Crippen LogP contribution in [-0.2, 0) is 24.4 Å². The molecule has 0 unspecified atom stereocenters. The van der Waals surface area contributed by atoms with Gasteiger partial charge in [0, 0.05) is 25.4 Å². The molecular formula is C15H31NaO8S. The Morgan fingerprint density at radius 3 is 1.40 bits per heavy atom. The summed E-state index contributed by atoms with van der Waals surface area (Å²) in [7, 11) is -3.67. The van der Waals surface area contributed by atoms with Crippen LogP contribution in [0.1, 0.15) is 52.9 Å². The maximum atomic E-state index is 9.79. The summed E-state index contributed by atoms with van der Waals surface area (Å²) in [4.78, 5) is 19.1. The summed E-state index contributed by atoms with van der Waals surface area (Å²) in [6.07, 6.45) is 6.50. The van der Waals surface area contributed by atoms with Crippen LogP contribution in [0.25, 0.3) is 0 Å². The van der Waals surface area contributed by atoms with Gasteiger partial charge in [-0.05, 0) is 19.3 Å². The van der Waals surface area contributed by atoms with Gasteiger partial charge < -0.3 is 14.9 Å². The molecule has 0 saturated carbocycles. The number of carboxylic acid groups (broad SMARTS) is 2. The zero-order valence-electron chi connectivity index (χ0n) is 14.6. The first kappa shape index (κ1) is 32.2. The molecule has 0 aliphatic heterocycles. The molecule has 8 nitrogen and oxygen atoms in total. The molecule has 0 fully saturated rings. The van der Waals surface area contributed by atoms with Gasteiger partial charge in [0.1, 0.15) is 0 Å². The van der Waals surface area contributed by atoms with E-state index >= 15 is 0 Å². The van der Waals surface area contributed by atoms with Crippen LogP contribution in [0.3, 0.4) is 0 Å². The van der Waals surface area contributed by atoms with Gasteiger partial charge in [0.05, 0.1) is 5.75 Å². The Bertz CT molecular complexity index is 413.